The van der Waals surface area contributed by atoms with Crippen molar-refractivity contribution in [2.45, 2.75) is 40.3 Å². The van der Waals surface area contributed by atoms with Crippen LogP contribution in [0.2, 0.25) is 0 Å². The van der Waals surface area contributed by atoms with Gasteiger partial charge in [-0.1, -0.05) is 36.8 Å². The number of hydrogen-bond donors (Lipinski definition) is 1. The second kappa shape index (κ2) is 5.71. The Morgan fingerprint density at radius 2 is 1.89 bits per heavy atom. The van der Waals surface area contributed by atoms with E-state index in [-0.39, 0.29) is 0 Å². The predicted octanol–water partition coefficient (Wildman–Crippen LogP) is 3.52. The molecule has 0 aliphatic rings. The molecule has 0 radical (unpaired) electrons. The van der Waals surface area contributed by atoms with Gasteiger partial charge in [0.2, 0.25) is 5.95 Å². The molecule has 0 amide bonds. The first-order chi connectivity index (χ1) is 8.69. The van der Waals surface area contributed by atoms with Gasteiger partial charge < -0.3 is 9.88 Å². The second-order valence-corrected chi connectivity index (χ2v) is 4.74. The van der Waals surface area contributed by atoms with Gasteiger partial charge in [0.25, 0.3) is 0 Å². The molecular formula is C15H21N3. The van der Waals surface area contributed by atoms with Crippen LogP contribution in [0.3, 0.4) is 0 Å². The topological polar surface area (TPSA) is 29.9 Å². The van der Waals surface area contributed by atoms with Gasteiger partial charge in [-0.3, -0.25) is 0 Å². The summed E-state index contributed by atoms with van der Waals surface area (Å²) in [4.78, 5) is 4.51. The highest BCUT2D eigenvalue weighted by atomic mass is 15.2. The van der Waals surface area contributed by atoms with Crippen molar-refractivity contribution < 1.29 is 0 Å². The van der Waals surface area contributed by atoms with Crippen molar-refractivity contribution in [1.29, 1.82) is 0 Å². The Morgan fingerprint density at radius 3 is 2.56 bits per heavy atom. The van der Waals surface area contributed by atoms with Crippen molar-refractivity contribution in [1.82, 2.24) is 9.55 Å². The Kier molecular flexibility index (Phi) is 4.03. The highest BCUT2D eigenvalue weighted by molar-refractivity contribution is 5.31. The number of rotatable bonds is 5. The van der Waals surface area contributed by atoms with Crippen molar-refractivity contribution >= 4 is 5.95 Å². The van der Waals surface area contributed by atoms with Crippen LogP contribution in [0.4, 0.5) is 5.95 Å². The number of anilines is 1. The molecule has 0 bridgehead atoms. The zero-order chi connectivity index (χ0) is 13.0. The standard InChI is InChI=1S/C15H21N3/c1-4-9-18-11-13(3)17-15(18)16-10-14-7-5-12(2)6-8-14/h5-8,11H,4,9-10H2,1-3H3,(H,16,17). The molecule has 2 rings (SSSR count). The van der Waals surface area contributed by atoms with Crippen LogP contribution in [0.15, 0.2) is 30.5 Å². The average Bonchev–Trinajstić information content (AvgIpc) is 2.70. The molecule has 0 saturated carbocycles. The highest BCUT2D eigenvalue weighted by Gasteiger charge is 2.04. The normalized spacial score (nSPS) is 10.6. The Hall–Kier alpha value is -1.77. The van der Waals surface area contributed by atoms with Crippen molar-refractivity contribution in [3.8, 4) is 0 Å². The Balaban J connectivity index is 2.03. The number of aromatic nitrogens is 2. The lowest BCUT2D eigenvalue weighted by molar-refractivity contribution is 0.681. The summed E-state index contributed by atoms with van der Waals surface area (Å²) in [5.41, 5.74) is 3.64. The fourth-order valence-electron chi connectivity index (χ4n) is 1.99. The van der Waals surface area contributed by atoms with E-state index in [2.05, 4.69) is 59.2 Å². The fourth-order valence-corrected chi connectivity index (χ4v) is 1.99. The van der Waals surface area contributed by atoms with Crippen molar-refractivity contribution in [3.05, 3.63) is 47.3 Å². The molecule has 3 nitrogen and oxygen atoms in total. The molecule has 0 spiro atoms. The van der Waals surface area contributed by atoms with Crippen molar-refractivity contribution in [3.63, 3.8) is 0 Å². The largest absolute Gasteiger partial charge is 0.352 e. The van der Waals surface area contributed by atoms with Gasteiger partial charge in [0.05, 0.1) is 5.69 Å². The molecular weight excluding hydrogens is 222 g/mol. The molecule has 0 atom stereocenters. The van der Waals surface area contributed by atoms with Gasteiger partial charge in [-0.2, -0.15) is 0 Å². The van der Waals surface area contributed by atoms with Crippen molar-refractivity contribution in [2.24, 2.45) is 0 Å². The van der Waals surface area contributed by atoms with Crippen LogP contribution in [0.1, 0.15) is 30.2 Å². The van der Waals surface area contributed by atoms with E-state index in [0.717, 1.165) is 31.2 Å². The van der Waals surface area contributed by atoms with Crippen LogP contribution < -0.4 is 5.32 Å². The third-order valence-electron chi connectivity index (χ3n) is 2.93. The first kappa shape index (κ1) is 12.7. The molecule has 18 heavy (non-hydrogen) atoms. The number of hydrogen-bond acceptors (Lipinski definition) is 2. The van der Waals surface area contributed by atoms with Crippen LogP contribution in [0.25, 0.3) is 0 Å². The molecule has 0 aliphatic carbocycles. The number of aryl methyl sites for hydroxylation is 3. The summed E-state index contributed by atoms with van der Waals surface area (Å²) in [6.45, 7) is 8.15. The minimum absolute atomic E-state index is 0.820. The first-order valence-corrected chi connectivity index (χ1v) is 6.52. The summed E-state index contributed by atoms with van der Waals surface area (Å²) in [5, 5.41) is 3.41. The average molecular weight is 243 g/mol. The molecule has 2 aromatic rings. The summed E-state index contributed by atoms with van der Waals surface area (Å²) >= 11 is 0. The van der Waals surface area contributed by atoms with Gasteiger partial charge in [-0.15, -0.1) is 0 Å². The quantitative estimate of drug-likeness (QED) is 0.870. The molecule has 1 heterocycles. The lowest BCUT2D eigenvalue weighted by Crippen LogP contribution is -2.07. The molecule has 0 aliphatic heterocycles. The highest BCUT2D eigenvalue weighted by Crippen LogP contribution is 2.11. The SMILES string of the molecule is CCCn1cc(C)nc1NCc1ccc(C)cc1. The maximum absolute atomic E-state index is 4.51. The van der Waals surface area contributed by atoms with Gasteiger partial charge in [0, 0.05) is 19.3 Å². The number of benzene rings is 1. The van der Waals surface area contributed by atoms with Gasteiger partial charge in [-0.25, -0.2) is 4.98 Å². The summed E-state index contributed by atoms with van der Waals surface area (Å²) in [6.07, 6.45) is 3.22. The van der Waals surface area contributed by atoms with E-state index >= 15 is 0 Å². The fraction of sp³-hybridized carbons (Fsp3) is 0.400. The van der Waals surface area contributed by atoms with Gasteiger partial charge in [0.15, 0.2) is 0 Å². The number of imidazole rings is 1. The summed E-state index contributed by atoms with van der Waals surface area (Å²) < 4.78 is 2.18. The van der Waals surface area contributed by atoms with Crippen LogP contribution in [-0.4, -0.2) is 9.55 Å². The maximum atomic E-state index is 4.51. The minimum atomic E-state index is 0.820. The lowest BCUT2D eigenvalue weighted by Gasteiger charge is -2.08. The minimum Gasteiger partial charge on any atom is -0.352 e. The molecule has 1 N–H and O–H groups in total. The molecule has 0 fully saturated rings. The van der Waals surface area contributed by atoms with E-state index in [9.17, 15) is 0 Å². The van der Waals surface area contributed by atoms with Gasteiger partial charge in [-0.05, 0) is 25.8 Å². The molecule has 96 valence electrons. The van der Waals surface area contributed by atoms with E-state index < -0.39 is 0 Å². The van der Waals surface area contributed by atoms with E-state index in [1.807, 2.05) is 6.92 Å². The van der Waals surface area contributed by atoms with E-state index in [1.54, 1.807) is 0 Å². The van der Waals surface area contributed by atoms with Crippen LogP contribution in [0, 0.1) is 13.8 Å². The van der Waals surface area contributed by atoms with E-state index in [4.69, 9.17) is 0 Å². The lowest BCUT2D eigenvalue weighted by atomic mass is 10.1. The summed E-state index contributed by atoms with van der Waals surface area (Å²) in [5.74, 6) is 0.968. The third kappa shape index (κ3) is 3.13. The van der Waals surface area contributed by atoms with Crippen LogP contribution >= 0.6 is 0 Å². The second-order valence-electron chi connectivity index (χ2n) is 4.74. The third-order valence-corrected chi connectivity index (χ3v) is 2.93. The Labute approximate surface area is 109 Å². The predicted molar refractivity (Wildman–Crippen MR) is 75.8 cm³/mol. The smallest absolute Gasteiger partial charge is 0.203 e. The summed E-state index contributed by atoms with van der Waals surface area (Å²) in [6, 6.07) is 8.59. The van der Waals surface area contributed by atoms with E-state index in [1.165, 1.54) is 11.1 Å². The Bertz CT molecular complexity index is 497. The molecule has 0 unspecified atom stereocenters. The number of nitrogens with one attached hydrogen (secondary N) is 1. The summed E-state index contributed by atoms with van der Waals surface area (Å²) in [7, 11) is 0. The van der Waals surface area contributed by atoms with Crippen LogP contribution in [0.5, 0.6) is 0 Å². The van der Waals surface area contributed by atoms with Gasteiger partial charge in [0.1, 0.15) is 0 Å². The Morgan fingerprint density at radius 1 is 1.17 bits per heavy atom. The zero-order valence-corrected chi connectivity index (χ0v) is 11.4. The zero-order valence-electron chi connectivity index (χ0n) is 11.4. The van der Waals surface area contributed by atoms with E-state index in [0.29, 0.717) is 0 Å². The van der Waals surface area contributed by atoms with Crippen molar-refractivity contribution in [2.75, 3.05) is 5.32 Å². The van der Waals surface area contributed by atoms with Gasteiger partial charge >= 0.3 is 0 Å². The molecule has 3 heteroatoms. The molecule has 1 aromatic heterocycles. The number of nitrogens with zero attached hydrogens (tertiary/aromatic N) is 2. The molecule has 0 saturated heterocycles. The van der Waals surface area contributed by atoms with Crippen LogP contribution in [-0.2, 0) is 13.1 Å². The monoisotopic (exact) mass is 243 g/mol. The maximum Gasteiger partial charge on any atom is 0.203 e. The molecule has 1 aromatic carbocycles. The first-order valence-electron chi connectivity index (χ1n) is 6.52.